The molecule has 0 unspecified atom stereocenters. The van der Waals surface area contributed by atoms with Crippen molar-refractivity contribution in [3.8, 4) is 11.4 Å². The number of nitrogens with one attached hydrogen (secondary N) is 2. The zero-order valence-electron chi connectivity index (χ0n) is 20.4. The summed E-state index contributed by atoms with van der Waals surface area (Å²) < 4.78 is 0. The summed E-state index contributed by atoms with van der Waals surface area (Å²) in [4.78, 5) is 32.9. The van der Waals surface area contributed by atoms with Crippen LogP contribution < -0.4 is 5.32 Å². The number of carbonyl (C=O) groups excluding carboxylic acids is 1. The third-order valence-corrected chi connectivity index (χ3v) is 9.17. The number of aromatic nitrogens is 2. The van der Waals surface area contributed by atoms with Crippen molar-refractivity contribution in [3.63, 3.8) is 0 Å². The predicted octanol–water partition coefficient (Wildman–Crippen LogP) is 7.48. The van der Waals surface area contributed by atoms with Crippen LogP contribution in [0.25, 0.3) is 11.4 Å². The van der Waals surface area contributed by atoms with Gasteiger partial charge in [-0.2, -0.15) is 0 Å². The Bertz CT molecular complexity index is 1350. The van der Waals surface area contributed by atoms with E-state index in [9.17, 15) is 14.7 Å². The summed E-state index contributed by atoms with van der Waals surface area (Å²) >= 11 is 12.6. The first kappa shape index (κ1) is 24.5. The number of aryl methyl sites for hydroxylation is 1. The molecule has 2 aromatic carbocycles. The first-order chi connectivity index (χ1) is 17.8. The van der Waals surface area contributed by atoms with Gasteiger partial charge in [0.15, 0.2) is 0 Å². The monoisotopic (exact) mass is 537 g/mol. The van der Waals surface area contributed by atoms with Crippen LogP contribution in [0.15, 0.2) is 42.5 Å². The Labute approximate surface area is 225 Å². The largest absolute Gasteiger partial charge is 0.478 e. The van der Waals surface area contributed by atoms with Crippen molar-refractivity contribution in [3.05, 3.63) is 69.5 Å². The van der Waals surface area contributed by atoms with E-state index in [1.807, 2.05) is 0 Å². The molecule has 7 rings (SSSR count). The van der Waals surface area contributed by atoms with Gasteiger partial charge < -0.3 is 15.4 Å². The number of imidazole rings is 1. The predicted molar refractivity (Wildman–Crippen MR) is 144 cm³/mol. The maximum absolute atomic E-state index is 13.4. The van der Waals surface area contributed by atoms with Crippen LogP contribution in [0.1, 0.15) is 71.5 Å². The molecule has 0 atom stereocenters. The van der Waals surface area contributed by atoms with Crippen molar-refractivity contribution in [1.29, 1.82) is 0 Å². The van der Waals surface area contributed by atoms with Crippen molar-refractivity contribution in [2.45, 2.75) is 51.4 Å². The van der Waals surface area contributed by atoms with Crippen LogP contribution in [-0.2, 0) is 6.42 Å². The van der Waals surface area contributed by atoms with E-state index in [4.69, 9.17) is 23.2 Å². The molecule has 0 spiro atoms. The van der Waals surface area contributed by atoms with Crippen LogP contribution in [0.3, 0.4) is 0 Å². The lowest BCUT2D eigenvalue weighted by atomic mass is 9.48. The summed E-state index contributed by atoms with van der Waals surface area (Å²) in [7, 11) is 0. The number of carboxylic acid groups (broad SMARTS) is 1. The van der Waals surface area contributed by atoms with Gasteiger partial charge in [0.2, 0.25) is 0 Å². The molecule has 4 aliphatic carbocycles. The van der Waals surface area contributed by atoms with E-state index >= 15 is 0 Å². The summed E-state index contributed by atoms with van der Waals surface area (Å²) in [6, 6.07) is 11.4. The molecule has 4 saturated carbocycles. The molecule has 4 aliphatic rings. The van der Waals surface area contributed by atoms with E-state index in [0.29, 0.717) is 38.2 Å². The number of amides is 1. The Hall–Kier alpha value is -2.83. The summed E-state index contributed by atoms with van der Waals surface area (Å²) in [6.45, 7) is 0. The number of hydrogen-bond donors (Lipinski definition) is 3. The normalized spacial score (nSPS) is 25.8. The molecule has 1 aromatic heterocycles. The fourth-order valence-electron chi connectivity index (χ4n) is 7.49. The highest BCUT2D eigenvalue weighted by Gasteiger charge is 2.50. The number of H-pyrrole nitrogens is 1. The average molecular weight is 538 g/mol. The summed E-state index contributed by atoms with van der Waals surface area (Å²) in [6.07, 6.45) is 9.83. The summed E-state index contributed by atoms with van der Waals surface area (Å²) in [5, 5.41) is 13.1. The second-order valence-corrected chi connectivity index (χ2v) is 12.1. The first-order valence-electron chi connectivity index (χ1n) is 13.0. The number of anilines is 1. The lowest BCUT2D eigenvalue weighted by molar-refractivity contribution is -0.0570. The van der Waals surface area contributed by atoms with Crippen molar-refractivity contribution >= 4 is 40.8 Å². The third kappa shape index (κ3) is 4.89. The van der Waals surface area contributed by atoms with Gasteiger partial charge in [0, 0.05) is 22.0 Å². The number of carboxylic acids is 1. The van der Waals surface area contributed by atoms with Crippen molar-refractivity contribution in [2.75, 3.05) is 5.32 Å². The van der Waals surface area contributed by atoms with E-state index in [1.165, 1.54) is 50.7 Å². The highest BCUT2D eigenvalue weighted by atomic mass is 35.5. The number of benzene rings is 2. The molecule has 0 radical (unpaired) electrons. The smallest absolute Gasteiger partial charge is 0.335 e. The number of nitrogens with zero attached hydrogens (tertiary/aromatic N) is 1. The molecule has 6 nitrogen and oxygen atoms in total. The standard InChI is InChI=1S/C29H29Cl2N3O3/c30-20-4-5-22(23(31)12-20)26-33-24(6-7-29-13-16-8-17(14-29)10-18(9-16)15-29)25(34-26)27(35)32-21-3-1-2-19(11-21)28(36)37/h1-5,11-12,16-18H,6-10,13-15H2,(H,32,35)(H,33,34)(H,36,37). The highest BCUT2D eigenvalue weighted by molar-refractivity contribution is 6.36. The van der Waals surface area contributed by atoms with Gasteiger partial charge >= 0.3 is 5.97 Å². The molecule has 4 fully saturated rings. The molecule has 0 aliphatic heterocycles. The van der Waals surface area contributed by atoms with Gasteiger partial charge in [0.25, 0.3) is 5.91 Å². The SMILES string of the molecule is O=C(O)c1cccc(NC(=O)c2nc(-c3ccc(Cl)cc3Cl)[nH]c2CCC23CC4CC(CC(C4)C2)C3)c1. The molecular formula is C29H29Cl2N3O3. The Morgan fingerprint density at radius 1 is 1.03 bits per heavy atom. The third-order valence-electron chi connectivity index (χ3n) is 8.62. The molecule has 4 bridgehead atoms. The lowest BCUT2D eigenvalue weighted by Gasteiger charge is -2.57. The van der Waals surface area contributed by atoms with Crippen LogP contribution in [-0.4, -0.2) is 27.0 Å². The van der Waals surface area contributed by atoms with E-state index in [-0.39, 0.29) is 11.5 Å². The van der Waals surface area contributed by atoms with Gasteiger partial charge in [-0.3, -0.25) is 4.79 Å². The van der Waals surface area contributed by atoms with Crippen molar-refractivity contribution in [2.24, 2.45) is 23.2 Å². The number of carbonyl (C=O) groups is 2. The zero-order valence-corrected chi connectivity index (χ0v) is 21.9. The van der Waals surface area contributed by atoms with Gasteiger partial charge in [-0.05, 0) is 111 Å². The summed E-state index contributed by atoms with van der Waals surface area (Å²) in [5.74, 6) is 1.68. The number of hydrogen-bond acceptors (Lipinski definition) is 3. The fourth-order valence-corrected chi connectivity index (χ4v) is 7.99. The maximum Gasteiger partial charge on any atom is 0.335 e. The zero-order chi connectivity index (χ0) is 25.7. The molecule has 1 amide bonds. The molecule has 3 aromatic rings. The molecule has 1 heterocycles. The van der Waals surface area contributed by atoms with Gasteiger partial charge in [-0.1, -0.05) is 29.3 Å². The molecule has 3 N–H and O–H groups in total. The molecular weight excluding hydrogens is 509 g/mol. The van der Waals surface area contributed by atoms with Crippen LogP contribution in [0.2, 0.25) is 10.0 Å². The number of rotatable bonds is 7. The van der Waals surface area contributed by atoms with E-state index < -0.39 is 5.97 Å². The minimum atomic E-state index is -1.05. The number of halogens is 2. The van der Waals surface area contributed by atoms with E-state index in [1.54, 1.807) is 30.3 Å². The topological polar surface area (TPSA) is 95.1 Å². The van der Waals surface area contributed by atoms with Gasteiger partial charge in [-0.15, -0.1) is 0 Å². The highest BCUT2D eigenvalue weighted by Crippen LogP contribution is 2.61. The molecule has 0 saturated heterocycles. The quantitative estimate of drug-likeness (QED) is 0.291. The second kappa shape index (κ2) is 9.48. The Morgan fingerprint density at radius 3 is 2.38 bits per heavy atom. The maximum atomic E-state index is 13.4. The van der Waals surface area contributed by atoms with Crippen LogP contribution in [0, 0.1) is 23.2 Å². The van der Waals surface area contributed by atoms with Crippen molar-refractivity contribution in [1.82, 2.24) is 9.97 Å². The lowest BCUT2D eigenvalue weighted by Crippen LogP contribution is -2.46. The molecule has 192 valence electrons. The minimum Gasteiger partial charge on any atom is -0.478 e. The second-order valence-electron chi connectivity index (χ2n) is 11.3. The van der Waals surface area contributed by atoms with Crippen LogP contribution in [0.4, 0.5) is 5.69 Å². The molecule has 37 heavy (non-hydrogen) atoms. The van der Waals surface area contributed by atoms with Gasteiger partial charge in [-0.25, -0.2) is 9.78 Å². The number of aromatic carboxylic acids is 1. The fraction of sp³-hybridized carbons (Fsp3) is 0.414. The van der Waals surface area contributed by atoms with Gasteiger partial charge in [0.05, 0.1) is 10.6 Å². The minimum absolute atomic E-state index is 0.107. The number of aromatic amines is 1. The average Bonchev–Trinajstić information content (AvgIpc) is 3.26. The van der Waals surface area contributed by atoms with E-state index in [2.05, 4.69) is 15.3 Å². The van der Waals surface area contributed by atoms with Crippen LogP contribution in [0.5, 0.6) is 0 Å². The first-order valence-corrected chi connectivity index (χ1v) is 13.7. The Balaban J connectivity index is 1.30. The summed E-state index contributed by atoms with van der Waals surface area (Å²) in [5.41, 5.74) is 2.65. The Kier molecular flexibility index (Phi) is 6.28. The van der Waals surface area contributed by atoms with Gasteiger partial charge in [0.1, 0.15) is 11.5 Å². The Morgan fingerprint density at radius 2 is 1.73 bits per heavy atom. The van der Waals surface area contributed by atoms with Crippen molar-refractivity contribution < 1.29 is 14.7 Å². The molecule has 8 heteroatoms. The van der Waals surface area contributed by atoms with Crippen LogP contribution >= 0.6 is 23.2 Å². The van der Waals surface area contributed by atoms with E-state index in [0.717, 1.165) is 36.3 Å².